The van der Waals surface area contributed by atoms with Crippen molar-refractivity contribution in [3.05, 3.63) is 53.4 Å². The lowest BCUT2D eigenvalue weighted by Gasteiger charge is -2.06. The molecule has 4 heteroatoms. The molecule has 102 valence electrons. The summed E-state index contributed by atoms with van der Waals surface area (Å²) in [4.78, 5) is 4.38. The van der Waals surface area contributed by atoms with E-state index in [1.54, 1.807) is 6.07 Å². The van der Waals surface area contributed by atoms with Gasteiger partial charge in [-0.05, 0) is 36.7 Å². The molecule has 0 amide bonds. The topological polar surface area (TPSA) is 29.9 Å². The number of likely N-dealkylation sites (N-methyl/N-ethyl adjacent to an activating group) is 1. The van der Waals surface area contributed by atoms with Crippen LogP contribution in [0.5, 0.6) is 0 Å². The zero-order chi connectivity index (χ0) is 13.7. The third-order valence-electron chi connectivity index (χ3n) is 3.15. The second kappa shape index (κ2) is 6.48. The molecule has 0 saturated carbocycles. The van der Waals surface area contributed by atoms with E-state index in [-0.39, 0.29) is 5.82 Å². The minimum Gasteiger partial charge on any atom is -0.333 e. The Morgan fingerprint density at radius 1 is 1.37 bits per heavy atom. The van der Waals surface area contributed by atoms with E-state index in [1.165, 1.54) is 6.07 Å². The predicted octanol–water partition coefficient (Wildman–Crippen LogP) is 2.53. The van der Waals surface area contributed by atoms with E-state index in [2.05, 4.69) is 23.4 Å². The first kappa shape index (κ1) is 13.7. The van der Waals surface area contributed by atoms with Crippen molar-refractivity contribution in [3.8, 4) is 0 Å². The van der Waals surface area contributed by atoms with Crippen LogP contribution in [-0.4, -0.2) is 22.6 Å². The summed E-state index contributed by atoms with van der Waals surface area (Å²) in [5.74, 6) is -0.182. The molecule has 0 aliphatic heterocycles. The minimum atomic E-state index is -0.182. The van der Waals surface area contributed by atoms with Crippen LogP contribution >= 0.6 is 0 Å². The smallest absolute Gasteiger partial charge is 0.123 e. The van der Waals surface area contributed by atoms with E-state index in [9.17, 15) is 4.39 Å². The van der Waals surface area contributed by atoms with E-state index in [0.29, 0.717) is 0 Å². The predicted molar refractivity (Wildman–Crippen MR) is 74.7 cm³/mol. The lowest BCUT2D eigenvalue weighted by molar-refractivity contribution is 0.624. The lowest BCUT2D eigenvalue weighted by Crippen LogP contribution is -2.16. The molecule has 1 aromatic heterocycles. The van der Waals surface area contributed by atoms with Gasteiger partial charge in [-0.1, -0.05) is 13.0 Å². The summed E-state index contributed by atoms with van der Waals surface area (Å²) in [6, 6.07) is 4.91. The highest BCUT2D eigenvalue weighted by Crippen LogP contribution is 2.12. The molecule has 3 nitrogen and oxygen atoms in total. The normalized spacial score (nSPS) is 10.9. The number of hydrogen-bond acceptors (Lipinski definition) is 2. The lowest BCUT2D eigenvalue weighted by atomic mass is 10.1. The van der Waals surface area contributed by atoms with Crippen molar-refractivity contribution in [1.82, 2.24) is 14.9 Å². The second-order valence-electron chi connectivity index (χ2n) is 4.71. The summed E-state index contributed by atoms with van der Waals surface area (Å²) >= 11 is 0. The quantitative estimate of drug-likeness (QED) is 0.810. The summed E-state index contributed by atoms with van der Waals surface area (Å²) in [5.41, 5.74) is 3.18. The van der Waals surface area contributed by atoms with E-state index in [0.717, 1.165) is 42.9 Å². The molecular weight excluding hydrogens is 241 g/mol. The van der Waals surface area contributed by atoms with Crippen molar-refractivity contribution in [2.75, 3.05) is 13.1 Å². The number of aromatic nitrogens is 2. The summed E-state index contributed by atoms with van der Waals surface area (Å²) in [6.45, 7) is 6.69. The van der Waals surface area contributed by atoms with Gasteiger partial charge in [0.2, 0.25) is 0 Å². The molecular formula is C15H20FN3. The number of hydrogen-bond donors (Lipinski definition) is 1. The highest BCUT2D eigenvalue weighted by atomic mass is 19.1. The minimum absolute atomic E-state index is 0.182. The van der Waals surface area contributed by atoms with E-state index < -0.39 is 0 Å². The van der Waals surface area contributed by atoms with Crippen molar-refractivity contribution in [2.24, 2.45) is 0 Å². The van der Waals surface area contributed by atoms with Crippen molar-refractivity contribution in [1.29, 1.82) is 0 Å². The van der Waals surface area contributed by atoms with Gasteiger partial charge in [0.05, 0.1) is 12.0 Å². The van der Waals surface area contributed by atoms with Crippen molar-refractivity contribution in [2.45, 2.75) is 26.8 Å². The fourth-order valence-electron chi connectivity index (χ4n) is 2.05. The first-order valence-electron chi connectivity index (χ1n) is 6.65. The van der Waals surface area contributed by atoms with Crippen LogP contribution in [0.2, 0.25) is 0 Å². The molecule has 1 heterocycles. The highest BCUT2D eigenvalue weighted by Gasteiger charge is 2.03. The Hall–Kier alpha value is -1.68. The zero-order valence-corrected chi connectivity index (χ0v) is 11.5. The van der Waals surface area contributed by atoms with E-state index in [1.807, 2.05) is 23.9 Å². The molecule has 0 saturated heterocycles. The largest absolute Gasteiger partial charge is 0.333 e. The molecule has 1 aromatic carbocycles. The molecule has 2 aromatic rings. The Bertz CT molecular complexity index is 534. The van der Waals surface area contributed by atoms with Gasteiger partial charge in [0, 0.05) is 25.7 Å². The van der Waals surface area contributed by atoms with Crippen LogP contribution in [0.25, 0.3) is 0 Å². The fraction of sp³-hybridized carbons (Fsp3) is 0.400. The van der Waals surface area contributed by atoms with Gasteiger partial charge in [0.15, 0.2) is 0 Å². The number of benzene rings is 1. The maximum absolute atomic E-state index is 13.0. The molecule has 0 radical (unpaired) electrons. The standard InChI is InChI=1S/C15H20FN3/c1-3-17-7-6-15-10-19(11-18-15)9-13-4-5-14(16)8-12(13)2/h4-5,8,10-11,17H,3,6-7,9H2,1-2H3. The molecule has 0 aliphatic rings. The van der Waals surface area contributed by atoms with Crippen LogP contribution in [0.4, 0.5) is 4.39 Å². The third-order valence-corrected chi connectivity index (χ3v) is 3.15. The first-order chi connectivity index (χ1) is 9.19. The van der Waals surface area contributed by atoms with Crippen molar-refractivity contribution < 1.29 is 4.39 Å². The van der Waals surface area contributed by atoms with Gasteiger partial charge in [0.1, 0.15) is 5.82 Å². The average Bonchev–Trinajstić information content (AvgIpc) is 2.81. The molecule has 0 fully saturated rings. The Labute approximate surface area is 113 Å². The maximum Gasteiger partial charge on any atom is 0.123 e. The first-order valence-corrected chi connectivity index (χ1v) is 6.65. The van der Waals surface area contributed by atoms with Gasteiger partial charge in [-0.25, -0.2) is 9.37 Å². The third kappa shape index (κ3) is 3.89. The van der Waals surface area contributed by atoms with Crippen molar-refractivity contribution in [3.63, 3.8) is 0 Å². The van der Waals surface area contributed by atoms with Gasteiger partial charge in [-0.3, -0.25) is 0 Å². The van der Waals surface area contributed by atoms with Crippen LogP contribution in [0.3, 0.4) is 0 Å². The molecule has 1 N–H and O–H groups in total. The summed E-state index contributed by atoms with van der Waals surface area (Å²) in [7, 11) is 0. The molecule has 0 atom stereocenters. The van der Waals surface area contributed by atoms with Gasteiger partial charge in [0.25, 0.3) is 0 Å². The van der Waals surface area contributed by atoms with Gasteiger partial charge >= 0.3 is 0 Å². The fourth-order valence-corrected chi connectivity index (χ4v) is 2.05. The highest BCUT2D eigenvalue weighted by molar-refractivity contribution is 5.26. The number of nitrogens with zero attached hydrogens (tertiary/aromatic N) is 2. The Balaban J connectivity index is 1.99. The molecule has 0 bridgehead atoms. The van der Waals surface area contributed by atoms with E-state index in [4.69, 9.17) is 0 Å². The SMILES string of the molecule is CCNCCc1cn(Cc2ccc(F)cc2C)cn1. The number of rotatable bonds is 6. The van der Waals surface area contributed by atoms with Crippen LogP contribution < -0.4 is 5.32 Å². The van der Waals surface area contributed by atoms with Gasteiger partial charge in [-0.15, -0.1) is 0 Å². The summed E-state index contributed by atoms with van der Waals surface area (Å²) < 4.78 is 15.1. The van der Waals surface area contributed by atoms with Crippen LogP contribution in [-0.2, 0) is 13.0 Å². The zero-order valence-electron chi connectivity index (χ0n) is 11.5. The molecule has 0 unspecified atom stereocenters. The summed E-state index contributed by atoms with van der Waals surface area (Å²) in [5, 5.41) is 3.28. The van der Waals surface area contributed by atoms with Crippen LogP contribution in [0.15, 0.2) is 30.7 Å². The van der Waals surface area contributed by atoms with Crippen LogP contribution in [0.1, 0.15) is 23.7 Å². The number of nitrogens with one attached hydrogen (secondary N) is 1. The van der Waals surface area contributed by atoms with E-state index >= 15 is 0 Å². The molecule has 2 rings (SSSR count). The van der Waals surface area contributed by atoms with Gasteiger partial charge < -0.3 is 9.88 Å². The Kier molecular flexibility index (Phi) is 4.68. The summed E-state index contributed by atoms with van der Waals surface area (Å²) in [6.07, 6.45) is 4.83. The number of imidazole rings is 1. The number of halogens is 1. The molecule has 19 heavy (non-hydrogen) atoms. The Morgan fingerprint density at radius 3 is 2.95 bits per heavy atom. The number of aryl methyl sites for hydroxylation is 1. The van der Waals surface area contributed by atoms with Gasteiger partial charge in [-0.2, -0.15) is 0 Å². The monoisotopic (exact) mass is 261 g/mol. The maximum atomic E-state index is 13.0. The molecule has 0 aliphatic carbocycles. The van der Waals surface area contributed by atoms with Crippen LogP contribution in [0, 0.1) is 12.7 Å². The second-order valence-corrected chi connectivity index (χ2v) is 4.71. The Morgan fingerprint density at radius 2 is 2.21 bits per heavy atom. The molecule has 0 spiro atoms. The van der Waals surface area contributed by atoms with Crippen molar-refractivity contribution >= 4 is 0 Å². The average molecular weight is 261 g/mol.